The lowest BCUT2D eigenvalue weighted by Gasteiger charge is -2.18. The van der Waals surface area contributed by atoms with E-state index < -0.39 is 6.10 Å². The van der Waals surface area contributed by atoms with Crippen LogP contribution in [-0.2, 0) is 28.6 Å². The molecule has 6 heteroatoms. The molecule has 6 nitrogen and oxygen atoms in total. The molecule has 0 heterocycles. The van der Waals surface area contributed by atoms with E-state index in [-0.39, 0.29) is 31.1 Å². The zero-order valence-corrected chi connectivity index (χ0v) is 40.6. The zero-order chi connectivity index (χ0) is 45.1. The highest BCUT2D eigenvalue weighted by atomic mass is 16.6. The summed E-state index contributed by atoms with van der Waals surface area (Å²) in [4.78, 5) is 38.0. The lowest BCUT2D eigenvalue weighted by Crippen LogP contribution is -2.30. The van der Waals surface area contributed by atoms with Crippen molar-refractivity contribution in [1.29, 1.82) is 0 Å². The Morgan fingerprint density at radius 2 is 0.629 bits per heavy atom. The van der Waals surface area contributed by atoms with Gasteiger partial charge in [0.25, 0.3) is 0 Å². The molecule has 0 rings (SSSR count). The largest absolute Gasteiger partial charge is 0.462 e. The smallest absolute Gasteiger partial charge is 0.306 e. The van der Waals surface area contributed by atoms with Crippen LogP contribution in [0, 0.1) is 0 Å². The van der Waals surface area contributed by atoms with E-state index in [1.54, 1.807) is 0 Å². The second kappa shape index (κ2) is 50.5. The van der Waals surface area contributed by atoms with Crippen LogP contribution in [-0.4, -0.2) is 37.2 Å². The van der Waals surface area contributed by atoms with Gasteiger partial charge in [-0.05, 0) is 89.9 Å². The monoisotopic (exact) mass is 865 g/mol. The van der Waals surface area contributed by atoms with Gasteiger partial charge in [-0.1, -0.05) is 209 Å². The second-order valence-corrected chi connectivity index (χ2v) is 17.1. The lowest BCUT2D eigenvalue weighted by atomic mass is 10.0. The molecule has 1 atom stereocenters. The van der Waals surface area contributed by atoms with E-state index in [1.165, 1.54) is 109 Å². The molecule has 0 amide bonds. The lowest BCUT2D eigenvalue weighted by molar-refractivity contribution is -0.167. The van der Waals surface area contributed by atoms with Crippen molar-refractivity contribution >= 4 is 17.9 Å². The van der Waals surface area contributed by atoms with Crippen LogP contribution in [0.1, 0.15) is 245 Å². The summed E-state index contributed by atoms with van der Waals surface area (Å²) in [5, 5.41) is 0. The van der Waals surface area contributed by atoms with Gasteiger partial charge in [0.05, 0.1) is 0 Å². The van der Waals surface area contributed by atoms with Crippen LogP contribution in [0.25, 0.3) is 0 Å². The molecule has 0 aromatic rings. The van der Waals surface area contributed by atoms with E-state index in [2.05, 4.69) is 93.7 Å². The number of carbonyl (C=O) groups excluding carboxylic acids is 3. The molecule has 0 aliphatic heterocycles. The maximum atomic E-state index is 12.8. The molecule has 0 unspecified atom stereocenters. The first-order valence-corrected chi connectivity index (χ1v) is 25.9. The van der Waals surface area contributed by atoms with Crippen molar-refractivity contribution in [2.75, 3.05) is 13.2 Å². The van der Waals surface area contributed by atoms with Crippen LogP contribution < -0.4 is 0 Å². The Bertz CT molecular complexity index is 1180. The van der Waals surface area contributed by atoms with Gasteiger partial charge in [0.1, 0.15) is 13.2 Å². The molecule has 0 radical (unpaired) electrons. The molecule has 0 saturated heterocycles. The summed E-state index contributed by atoms with van der Waals surface area (Å²) in [6.45, 7) is 6.46. The maximum Gasteiger partial charge on any atom is 0.306 e. The number of carbonyl (C=O) groups is 3. The Labute approximate surface area is 382 Å². The third kappa shape index (κ3) is 47.9. The van der Waals surface area contributed by atoms with Gasteiger partial charge in [0.15, 0.2) is 6.10 Å². The van der Waals surface area contributed by atoms with Crippen molar-refractivity contribution in [3.63, 3.8) is 0 Å². The predicted molar refractivity (Wildman–Crippen MR) is 265 cm³/mol. The van der Waals surface area contributed by atoms with Gasteiger partial charge in [0, 0.05) is 19.3 Å². The van der Waals surface area contributed by atoms with Crippen molar-refractivity contribution in [3.05, 3.63) is 72.9 Å². The zero-order valence-electron chi connectivity index (χ0n) is 40.6. The molecule has 0 aromatic carbocycles. The van der Waals surface area contributed by atoms with Gasteiger partial charge in [-0.15, -0.1) is 0 Å². The predicted octanol–water partition coefficient (Wildman–Crippen LogP) is 17.0. The van der Waals surface area contributed by atoms with Crippen LogP contribution in [0.5, 0.6) is 0 Å². The SMILES string of the molecule is CC/C=C\C/C=C\C/C=C\C/C=C\CCCCC(=O)OC[C@H](COC(=O)CCCCCCCCCCCCCC)OC(=O)CCCCCCCCC/C=C\C/C=C\CCCCC. The van der Waals surface area contributed by atoms with Crippen molar-refractivity contribution in [2.45, 2.75) is 252 Å². The number of hydrogen-bond donors (Lipinski definition) is 0. The summed E-state index contributed by atoms with van der Waals surface area (Å²) in [7, 11) is 0. The number of hydrogen-bond acceptors (Lipinski definition) is 6. The summed E-state index contributed by atoms with van der Waals surface area (Å²) in [5.74, 6) is -0.939. The van der Waals surface area contributed by atoms with Gasteiger partial charge in [-0.25, -0.2) is 0 Å². The van der Waals surface area contributed by atoms with Crippen molar-refractivity contribution in [2.24, 2.45) is 0 Å². The van der Waals surface area contributed by atoms with Gasteiger partial charge >= 0.3 is 17.9 Å². The highest BCUT2D eigenvalue weighted by Gasteiger charge is 2.19. The molecular weight excluding hydrogens is 769 g/mol. The number of allylic oxidation sites excluding steroid dienone is 12. The first-order chi connectivity index (χ1) is 30.5. The Morgan fingerprint density at radius 3 is 1.05 bits per heavy atom. The Hall–Kier alpha value is -3.15. The fourth-order valence-electron chi connectivity index (χ4n) is 7.05. The summed E-state index contributed by atoms with van der Waals surface area (Å²) in [6, 6.07) is 0. The number of ether oxygens (including phenoxy) is 3. The molecular formula is C56H96O6. The minimum Gasteiger partial charge on any atom is -0.462 e. The molecule has 0 spiro atoms. The molecule has 62 heavy (non-hydrogen) atoms. The Kier molecular flexibility index (Phi) is 47.9. The first kappa shape index (κ1) is 58.9. The molecule has 356 valence electrons. The molecule has 0 aliphatic carbocycles. The molecule has 0 N–H and O–H groups in total. The minimum absolute atomic E-state index is 0.0904. The number of esters is 3. The average Bonchev–Trinajstić information content (AvgIpc) is 3.27. The van der Waals surface area contributed by atoms with Gasteiger partial charge < -0.3 is 14.2 Å². The van der Waals surface area contributed by atoms with E-state index >= 15 is 0 Å². The molecule has 0 saturated carbocycles. The van der Waals surface area contributed by atoms with E-state index in [4.69, 9.17) is 14.2 Å². The van der Waals surface area contributed by atoms with Gasteiger partial charge in [-0.3, -0.25) is 14.4 Å². The summed E-state index contributed by atoms with van der Waals surface area (Å²) >= 11 is 0. The topological polar surface area (TPSA) is 78.9 Å². The van der Waals surface area contributed by atoms with Crippen molar-refractivity contribution in [1.82, 2.24) is 0 Å². The van der Waals surface area contributed by atoms with Crippen LogP contribution in [0.2, 0.25) is 0 Å². The summed E-state index contributed by atoms with van der Waals surface area (Å²) in [5.41, 5.74) is 0. The fraction of sp³-hybridized carbons (Fsp3) is 0.732. The van der Waals surface area contributed by atoms with Crippen LogP contribution >= 0.6 is 0 Å². The van der Waals surface area contributed by atoms with Gasteiger partial charge in [0.2, 0.25) is 0 Å². The van der Waals surface area contributed by atoms with E-state index in [0.717, 1.165) is 96.3 Å². The minimum atomic E-state index is -0.794. The fourth-order valence-corrected chi connectivity index (χ4v) is 7.05. The van der Waals surface area contributed by atoms with Crippen molar-refractivity contribution < 1.29 is 28.6 Å². The molecule has 0 aromatic heterocycles. The summed E-state index contributed by atoms with van der Waals surface area (Å²) in [6.07, 6.45) is 63.1. The van der Waals surface area contributed by atoms with E-state index in [0.29, 0.717) is 19.3 Å². The van der Waals surface area contributed by atoms with E-state index in [1.807, 2.05) is 0 Å². The third-order valence-electron chi connectivity index (χ3n) is 10.9. The molecule has 0 aliphatic rings. The van der Waals surface area contributed by atoms with Crippen LogP contribution in [0.3, 0.4) is 0 Å². The number of unbranched alkanes of at least 4 members (excludes halogenated alkanes) is 23. The van der Waals surface area contributed by atoms with Crippen LogP contribution in [0.4, 0.5) is 0 Å². The maximum absolute atomic E-state index is 12.8. The van der Waals surface area contributed by atoms with E-state index in [9.17, 15) is 14.4 Å². The Morgan fingerprint density at radius 1 is 0.339 bits per heavy atom. The molecule has 0 bridgehead atoms. The standard InChI is InChI=1S/C56H96O6/c1-4-7-10-13-16-19-22-25-27-28-30-32-35-38-41-44-47-50-56(59)62-53(51-60-54(57)48-45-42-39-36-33-24-21-18-15-12-9-6-3)52-61-55(58)49-46-43-40-37-34-31-29-26-23-20-17-14-11-8-5-2/h8,11,16-17,19-20,25-27,29,34,37,53H,4-7,9-10,12-15,18,21-24,28,30-33,35-36,38-52H2,1-3H3/b11-8-,19-16-,20-17-,27-25-,29-26-,37-34-/t53-/m0/s1. The Balaban J connectivity index is 4.45. The normalized spacial score (nSPS) is 12.6. The number of rotatable bonds is 46. The quantitative estimate of drug-likeness (QED) is 0.0262. The third-order valence-corrected chi connectivity index (χ3v) is 10.9. The molecule has 0 fully saturated rings. The highest BCUT2D eigenvalue weighted by molar-refractivity contribution is 5.71. The first-order valence-electron chi connectivity index (χ1n) is 25.9. The van der Waals surface area contributed by atoms with Crippen molar-refractivity contribution in [3.8, 4) is 0 Å². The van der Waals surface area contributed by atoms with Gasteiger partial charge in [-0.2, -0.15) is 0 Å². The average molecular weight is 865 g/mol. The second-order valence-electron chi connectivity index (χ2n) is 17.1. The van der Waals surface area contributed by atoms with Crippen LogP contribution in [0.15, 0.2) is 72.9 Å². The highest BCUT2D eigenvalue weighted by Crippen LogP contribution is 2.14. The summed E-state index contributed by atoms with van der Waals surface area (Å²) < 4.78 is 16.8.